The molecule has 2 heterocycles. The Morgan fingerprint density at radius 1 is 1.10 bits per heavy atom. The maximum Gasteiger partial charge on any atom is 0.153 e. The molecule has 0 bridgehead atoms. The van der Waals surface area contributed by atoms with E-state index < -0.39 is 9.84 Å². The van der Waals surface area contributed by atoms with Crippen LogP contribution in [0.15, 0.2) is 0 Å². The molecule has 2 aliphatic heterocycles. The highest BCUT2D eigenvalue weighted by molar-refractivity contribution is 7.91. The fraction of sp³-hybridized carbons (Fsp3) is 1.00. The Hall–Kier alpha value is -0.210. The molecule has 0 amide bonds. The summed E-state index contributed by atoms with van der Waals surface area (Å²) in [7, 11) is 1.42. The maximum atomic E-state index is 11.6. The van der Waals surface area contributed by atoms with E-state index in [1.54, 1.807) is 0 Å². The topological polar surface area (TPSA) is 55.9 Å². The van der Waals surface area contributed by atoms with E-state index in [-0.39, 0.29) is 6.04 Å². The minimum Gasteiger partial charge on any atom is -0.312 e. The van der Waals surface area contributed by atoms with Gasteiger partial charge in [-0.05, 0) is 27.1 Å². The van der Waals surface area contributed by atoms with E-state index in [9.17, 15) is 8.42 Å². The van der Waals surface area contributed by atoms with Gasteiger partial charge in [-0.1, -0.05) is 0 Å². The van der Waals surface area contributed by atoms with Gasteiger partial charge in [0.2, 0.25) is 0 Å². The van der Waals surface area contributed by atoms with Crippen molar-refractivity contribution in [3.63, 3.8) is 0 Å². The Bertz CT molecular complexity index is 405. The SMILES string of the molecule is CN(C)CCN1CCN(CCC2CS(=O)(=O)CCN2)CC1. The molecule has 124 valence electrons. The molecule has 1 unspecified atom stereocenters. The van der Waals surface area contributed by atoms with Crippen LogP contribution in [-0.2, 0) is 9.84 Å². The highest BCUT2D eigenvalue weighted by atomic mass is 32.2. The second-order valence-electron chi connectivity index (χ2n) is 6.54. The van der Waals surface area contributed by atoms with Gasteiger partial charge in [-0.2, -0.15) is 0 Å². The van der Waals surface area contributed by atoms with Crippen LogP contribution in [0.1, 0.15) is 6.42 Å². The Labute approximate surface area is 129 Å². The van der Waals surface area contributed by atoms with Crippen LogP contribution in [-0.4, -0.2) is 107 Å². The Balaban J connectivity index is 1.62. The van der Waals surface area contributed by atoms with E-state index in [0.717, 1.165) is 52.2 Å². The van der Waals surface area contributed by atoms with Crippen molar-refractivity contribution < 1.29 is 8.42 Å². The number of hydrogen-bond donors (Lipinski definition) is 1. The van der Waals surface area contributed by atoms with Crippen molar-refractivity contribution in [1.29, 1.82) is 0 Å². The molecule has 0 saturated carbocycles. The predicted octanol–water partition coefficient (Wildman–Crippen LogP) is -1.06. The first-order chi connectivity index (χ1) is 9.94. The molecule has 7 heteroatoms. The van der Waals surface area contributed by atoms with Gasteiger partial charge in [-0.15, -0.1) is 0 Å². The molecule has 0 aromatic carbocycles. The molecule has 2 aliphatic rings. The molecule has 0 aromatic heterocycles. The van der Waals surface area contributed by atoms with Crippen molar-refractivity contribution in [3.8, 4) is 0 Å². The second-order valence-corrected chi connectivity index (χ2v) is 8.77. The van der Waals surface area contributed by atoms with Gasteiger partial charge in [0, 0.05) is 51.9 Å². The van der Waals surface area contributed by atoms with Crippen molar-refractivity contribution in [3.05, 3.63) is 0 Å². The molecule has 2 fully saturated rings. The van der Waals surface area contributed by atoms with Crippen LogP contribution in [0.2, 0.25) is 0 Å². The van der Waals surface area contributed by atoms with E-state index in [1.165, 1.54) is 0 Å². The number of sulfone groups is 1. The minimum absolute atomic E-state index is 0.149. The fourth-order valence-electron chi connectivity index (χ4n) is 2.97. The fourth-order valence-corrected chi connectivity index (χ4v) is 4.46. The molecule has 0 spiro atoms. The van der Waals surface area contributed by atoms with E-state index in [4.69, 9.17) is 0 Å². The normalized spacial score (nSPS) is 28.0. The quantitative estimate of drug-likeness (QED) is 0.674. The van der Waals surface area contributed by atoms with Gasteiger partial charge in [0.1, 0.15) is 0 Å². The zero-order valence-corrected chi connectivity index (χ0v) is 14.2. The molecular weight excluding hydrogens is 288 g/mol. The number of nitrogens with one attached hydrogen (secondary N) is 1. The third kappa shape index (κ3) is 6.20. The van der Waals surface area contributed by atoms with Gasteiger partial charge in [-0.25, -0.2) is 8.42 Å². The highest BCUT2D eigenvalue weighted by Gasteiger charge is 2.25. The lowest BCUT2D eigenvalue weighted by Gasteiger charge is -2.36. The van der Waals surface area contributed by atoms with Gasteiger partial charge >= 0.3 is 0 Å². The van der Waals surface area contributed by atoms with Gasteiger partial charge < -0.3 is 15.1 Å². The number of rotatable bonds is 6. The van der Waals surface area contributed by atoms with Crippen molar-refractivity contribution in [1.82, 2.24) is 20.0 Å². The van der Waals surface area contributed by atoms with Crippen LogP contribution >= 0.6 is 0 Å². The Kier molecular flexibility index (Phi) is 6.43. The summed E-state index contributed by atoms with van der Waals surface area (Å²) < 4.78 is 23.2. The molecule has 2 rings (SSSR count). The lowest BCUT2D eigenvalue weighted by Crippen LogP contribution is -2.50. The summed E-state index contributed by atoms with van der Waals surface area (Å²) in [4.78, 5) is 7.20. The number of piperazine rings is 1. The maximum absolute atomic E-state index is 11.6. The molecule has 21 heavy (non-hydrogen) atoms. The lowest BCUT2D eigenvalue weighted by molar-refractivity contribution is 0.122. The van der Waals surface area contributed by atoms with Crippen LogP contribution < -0.4 is 5.32 Å². The number of hydrogen-bond acceptors (Lipinski definition) is 6. The molecule has 1 atom stereocenters. The zero-order chi connectivity index (χ0) is 15.3. The van der Waals surface area contributed by atoms with Crippen LogP contribution in [0, 0.1) is 0 Å². The van der Waals surface area contributed by atoms with Crippen LogP contribution in [0.25, 0.3) is 0 Å². The van der Waals surface area contributed by atoms with Gasteiger partial charge in [0.15, 0.2) is 9.84 Å². The van der Waals surface area contributed by atoms with Crippen molar-refractivity contribution >= 4 is 9.84 Å². The lowest BCUT2D eigenvalue weighted by atomic mass is 10.2. The third-order valence-corrected chi connectivity index (χ3v) is 6.16. The number of likely N-dealkylation sites (N-methyl/N-ethyl adjacent to an activating group) is 1. The smallest absolute Gasteiger partial charge is 0.153 e. The van der Waals surface area contributed by atoms with Crippen LogP contribution in [0.4, 0.5) is 0 Å². The van der Waals surface area contributed by atoms with Gasteiger partial charge in [0.25, 0.3) is 0 Å². The van der Waals surface area contributed by atoms with E-state index in [2.05, 4.69) is 34.1 Å². The third-order valence-electron chi connectivity index (χ3n) is 4.42. The largest absolute Gasteiger partial charge is 0.312 e. The van der Waals surface area contributed by atoms with E-state index in [0.29, 0.717) is 18.1 Å². The zero-order valence-electron chi connectivity index (χ0n) is 13.4. The Morgan fingerprint density at radius 2 is 1.71 bits per heavy atom. The highest BCUT2D eigenvalue weighted by Crippen LogP contribution is 2.08. The average molecular weight is 318 g/mol. The Morgan fingerprint density at radius 3 is 2.29 bits per heavy atom. The summed E-state index contributed by atoms with van der Waals surface area (Å²) in [5.74, 6) is 0.615. The second kappa shape index (κ2) is 7.87. The molecule has 0 radical (unpaired) electrons. The van der Waals surface area contributed by atoms with Crippen molar-refractivity contribution in [2.75, 3.05) is 78.0 Å². The first-order valence-electron chi connectivity index (χ1n) is 7.98. The summed E-state index contributed by atoms with van der Waals surface area (Å²) in [6.07, 6.45) is 0.941. The summed E-state index contributed by atoms with van der Waals surface area (Å²) in [5, 5.41) is 3.33. The van der Waals surface area contributed by atoms with Crippen molar-refractivity contribution in [2.24, 2.45) is 0 Å². The van der Waals surface area contributed by atoms with Gasteiger partial charge in [0.05, 0.1) is 11.5 Å². The molecule has 6 nitrogen and oxygen atoms in total. The predicted molar refractivity (Wildman–Crippen MR) is 86.5 cm³/mol. The monoisotopic (exact) mass is 318 g/mol. The summed E-state index contributed by atoms with van der Waals surface area (Å²) in [5.41, 5.74) is 0. The van der Waals surface area contributed by atoms with Crippen LogP contribution in [0.3, 0.4) is 0 Å². The molecule has 0 aliphatic carbocycles. The summed E-state index contributed by atoms with van der Waals surface area (Å²) >= 11 is 0. The molecule has 1 N–H and O–H groups in total. The van der Waals surface area contributed by atoms with Gasteiger partial charge in [-0.3, -0.25) is 4.90 Å². The standard InChI is InChI=1S/C14H30N4O2S/c1-16(2)6-7-18-10-8-17(9-11-18)5-3-14-13-21(19,20)12-4-15-14/h14-15H,3-13H2,1-2H3. The first-order valence-corrected chi connectivity index (χ1v) is 9.80. The van der Waals surface area contributed by atoms with Crippen LogP contribution in [0.5, 0.6) is 0 Å². The minimum atomic E-state index is -2.80. The molecule has 0 aromatic rings. The summed E-state index contributed by atoms with van der Waals surface area (Å²) in [6, 6.07) is 0.149. The van der Waals surface area contributed by atoms with E-state index in [1.807, 2.05) is 0 Å². The molecule has 2 saturated heterocycles. The van der Waals surface area contributed by atoms with E-state index >= 15 is 0 Å². The summed E-state index contributed by atoms with van der Waals surface area (Å²) in [6.45, 7) is 8.35. The average Bonchev–Trinajstić information content (AvgIpc) is 2.43. The van der Waals surface area contributed by atoms with Crippen molar-refractivity contribution in [2.45, 2.75) is 12.5 Å². The number of nitrogens with zero attached hydrogens (tertiary/aromatic N) is 3. The molecular formula is C14H30N4O2S. The first kappa shape index (κ1) is 17.1.